The highest BCUT2D eigenvalue weighted by Gasteiger charge is 2.45. The molecule has 7 nitrogen and oxygen atoms in total. The number of piperidine rings is 1. The van der Waals surface area contributed by atoms with E-state index >= 15 is 0 Å². The zero-order chi connectivity index (χ0) is 26.5. The van der Waals surface area contributed by atoms with E-state index in [0.29, 0.717) is 31.9 Å². The molecule has 0 aromatic heterocycles. The summed E-state index contributed by atoms with van der Waals surface area (Å²) in [6.45, 7) is 0.659. The number of hydrogen-bond donors (Lipinski definition) is 0. The van der Waals surface area contributed by atoms with Crippen LogP contribution >= 0.6 is 0 Å². The summed E-state index contributed by atoms with van der Waals surface area (Å²) in [5.41, 5.74) is -1.72. The van der Waals surface area contributed by atoms with Crippen LogP contribution in [0.3, 0.4) is 0 Å². The van der Waals surface area contributed by atoms with E-state index in [4.69, 9.17) is 0 Å². The lowest BCUT2D eigenvalue weighted by Gasteiger charge is -2.38. The highest BCUT2D eigenvalue weighted by atomic mass is 32.2. The van der Waals surface area contributed by atoms with Gasteiger partial charge in [0.1, 0.15) is 5.82 Å². The van der Waals surface area contributed by atoms with Crippen molar-refractivity contribution in [3.63, 3.8) is 0 Å². The maximum Gasteiger partial charge on any atom is 0.416 e. The predicted octanol–water partition coefficient (Wildman–Crippen LogP) is 3.57. The van der Waals surface area contributed by atoms with Crippen molar-refractivity contribution in [2.75, 3.05) is 32.4 Å². The normalized spacial score (nSPS) is 19.1. The van der Waals surface area contributed by atoms with Gasteiger partial charge in [0.25, 0.3) is 5.91 Å². The van der Waals surface area contributed by atoms with E-state index in [-0.39, 0.29) is 30.1 Å². The van der Waals surface area contributed by atoms with Crippen molar-refractivity contribution in [3.05, 3.63) is 59.4 Å². The van der Waals surface area contributed by atoms with E-state index in [2.05, 4.69) is 0 Å². The molecular formula is C23H24F4N2O5S2. The zero-order valence-electron chi connectivity index (χ0n) is 19.3. The Bertz CT molecular complexity index is 1400. The largest absolute Gasteiger partial charge is 0.416 e. The Morgan fingerprint density at radius 2 is 1.58 bits per heavy atom. The van der Waals surface area contributed by atoms with Gasteiger partial charge in [-0.05, 0) is 61.1 Å². The molecule has 0 N–H and O–H groups in total. The summed E-state index contributed by atoms with van der Waals surface area (Å²) in [4.78, 5) is 13.9. The van der Waals surface area contributed by atoms with Gasteiger partial charge in [-0.15, -0.1) is 0 Å². The highest BCUT2D eigenvalue weighted by molar-refractivity contribution is 7.90. The molecule has 13 heteroatoms. The summed E-state index contributed by atoms with van der Waals surface area (Å²) < 4.78 is 104. The van der Waals surface area contributed by atoms with Crippen LogP contribution in [0.5, 0.6) is 0 Å². The number of amides is 1. The third-order valence-electron chi connectivity index (χ3n) is 6.88. The molecule has 2 aromatic rings. The molecule has 0 radical (unpaired) electrons. The fourth-order valence-electron chi connectivity index (χ4n) is 4.86. The fourth-order valence-corrected chi connectivity index (χ4v) is 7.21. The Labute approximate surface area is 206 Å². The van der Waals surface area contributed by atoms with E-state index in [1.165, 1.54) is 4.90 Å². The molecule has 2 aromatic carbocycles. The lowest BCUT2D eigenvalue weighted by Crippen LogP contribution is -2.44. The van der Waals surface area contributed by atoms with Crippen molar-refractivity contribution in [2.45, 2.75) is 35.2 Å². The van der Waals surface area contributed by atoms with Crippen LogP contribution in [-0.4, -0.2) is 64.4 Å². The molecule has 2 heterocycles. The molecule has 0 saturated carbocycles. The fraction of sp³-hybridized carbons (Fsp3) is 0.435. The number of sulfonamides is 1. The van der Waals surface area contributed by atoms with Crippen LogP contribution in [0.15, 0.2) is 52.3 Å². The van der Waals surface area contributed by atoms with Gasteiger partial charge in [-0.25, -0.2) is 21.2 Å². The minimum absolute atomic E-state index is 0.0646. The van der Waals surface area contributed by atoms with E-state index in [1.54, 1.807) is 0 Å². The molecule has 2 aliphatic heterocycles. The Balaban J connectivity index is 1.48. The minimum atomic E-state index is -4.67. The number of hydrogen-bond acceptors (Lipinski definition) is 5. The van der Waals surface area contributed by atoms with Crippen LogP contribution < -0.4 is 0 Å². The van der Waals surface area contributed by atoms with Crippen molar-refractivity contribution in [3.8, 4) is 0 Å². The molecule has 2 fully saturated rings. The second kappa shape index (κ2) is 9.10. The summed E-state index contributed by atoms with van der Waals surface area (Å²) in [5, 5.41) is 0. The average Bonchev–Trinajstić information content (AvgIpc) is 3.21. The Kier molecular flexibility index (Phi) is 6.71. The predicted molar refractivity (Wildman–Crippen MR) is 122 cm³/mol. The number of sulfone groups is 1. The number of alkyl halides is 3. The smallest absolute Gasteiger partial charge is 0.338 e. The van der Waals surface area contributed by atoms with Gasteiger partial charge in [-0.2, -0.15) is 17.5 Å². The number of carbonyl (C=O) groups excluding carboxylic acids is 1. The Hall–Kier alpha value is -2.51. The number of likely N-dealkylation sites (tertiary alicyclic amines) is 1. The van der Waals surface area contributed by atoms with Crippen molar-refractivity contribution in [1.29, 1.82) is 0 Å². The molecule has 0 unspecified atom stereocenters. The lowest BCUT2D eigenvalue weighted by atomic mass is 9.78. The van der Waals surface area contributed by atoms with Gasteiger partial charge in [0.2, 0.25) is 10.0 Å². The first-order chi connectivity index (χ1) is 16.6. The Morgan fingerprint density at radius 1 is 0.944 bits per heavy atom. The number of halogens is 4. The second-order valence-electron chi connectivity index (χ2n) is 9.32. The van der Waals surface area contributed by atoms with Crippen LogP contribution in [0, 0.1) is 11.2 Å². The molecule has 0 atom stereocenters. The summed E-state index contributed by atoms with van der Waals surface area (Å²) in [5.74, 6) is -1.36. The topological polar surface area (TPSA) is 91.8 Å². The third kappa shape index (κ3) is 5.14. The first-order valence-corrected chi connectivity index (χ1v) is 14.4. The molecular weight excluding hydrogens is 524 g/mol. The second-order valence-corrected chi connectivity index (χ2v) is 13.2. The van der Waals surface area contributed by atoms with Crippen LogP contribution in [0.2, 0.25) is 0 Å². The van der Waals surface area contributed by atoms with Gasteiger partial charge in [-0.1, -0.05) is 6.07 Å². The van der Waals surface area contributed by atoms with E-state index in [0.717, 1.165) is 47.0 Å². The number of nitrogens with zero attached hydrogens (tertiary/aromatic N) is 2. The molecule has 1 spiro atoms. The first kappa shape index (κ1) is 26.6. The van der Waals surface area contributed by atoms with Crippen LogP contribution in [0.1, 0.15) is 35.2 Å². The van der Waals surface area contributed by atoms with E-state index < -0.39 is 53.6 Å². The molecule has 4 rings (SSSR count). The number of rotatable bonds is 4. The van der Waals surface area contributed by atoms with Crippen molar-refractivity contribution in [1.82, 2.24) is 9.21 Å². The van der Waals surface area contributed by atoms with Crippen molar-refractivity contribution in [2.24, 2.45) is 5.41 Å². The molecule has 0 bridgehead atoms. The van der Waals surface area contributed by atoms with Crippen LogP contribution in [-0.2, 0) is 26.0 Å². The maximum atomic E-state index is 13.8. The zero-order valence-corrected chi connectivity index (χ0v) is 20.9. The summed E-state index contributed by atoms with van der Waals surface area (Å²) in [6.07, 6.45) is -2.45. The number of benzene rings is 2. The van der Waals surface area contributed by atoms with Crippen LogP contribution in [0.25, 0.3) is 0 Å². The standard InChI is InChI=1S/C23H24F4N2O5S2/c1-35(31,32)20-6-5-17(24)14-19(20)21(30)28-10-7-22(15-28)8-11-29(12-9-22)36(33,34)18-4-2-3-16(13-18)23(25,26)27/h2-6,13-14H,7-12,15H2,1H3. The van der Waals surface area contributed by atoms with Gasteiger partial charge in [0, 0.05) is 32.4 Å². The molecule has 0 aliphatic carbocycles. The first-order valence-electron chi connectivity index (χ1n) is 11.1. The molecule has 1 amide bonds. The molecule has 36 heavy (non-hydrogen) atoms. The average molecular weight is 549 g/mol. The summed E-state index contributed by atoms with van der Waals surface area (Å²) in [7, 11) is -7.92. The monoisotopic (exact) mass is 548 g/mol. The third-order valence-corrected chi connectivity index (χ3v) is 9.93. The highest BCUT2D eigenvalue weighted by Crippen LogP contribution is 2.42. The molecule has 2 saturated heterocycles. The van der Waals surface area contributed by atoms with Gasteiger partial charge in [-0.3, -0.25) is 4.79 Å². The van der Waals surface area contributed by atoms with Gasteiger partial charge >= 0.3 is 6.18 Å². The summed E-state index contributed by atoms with van der Waals surface area (Å²) >= 11 is 0. The van der Waals surface area contributed by atoms with E-state index in [9.17, 15) is 39.2 Å². The minimum Gasteiger partial charge on any atom is -0.338 e. The van der Waals surface area contributed by atoms with Crippen LogP contribution in [0.4, 0.5) is 17.6 Å². The maximum absolute atomic E-state index is 13.8. The lowest BCUT2D eigenvalue weighted by molar-refractivity contribution is -0.137. The number of carbonyl (C=O) groups is 1. The van der Waals surface area contributed by atoms with Gasteiger partial charge in [0.15, 0.2) is 9.84 Å². The van der Waals surface area contributed by atoms with Crippen molar-refractivity contribution >= 4 is 25.8 Å². The summed E-state index contributed by atoms with van der Waals surface area (Å²) in [6, 6.07) is 6.53. The van der Waals surface area contributed by atoms with E-state index in [1.807, 2.05) is 0 Å². The SMILES string of the molecule is CS(=O)(=O)c1ccc(F)cc1C(=O)N1CCC2(CCN(S(=O)(=O)c3cccc(C(F)(F)F)c3)CC2)C1. The molecule has 2 aliphatic rings. The van der Waals surface area contributed by atoms with Gasteiger partial charge < -0.3 is 4.90 Å². The van der Waals surface area contributed by atoms with Crippen molar-refractivity contribution < 1.29 is 39.2 Å². The quantitative estimate of drug-likeness (QED) is 0.431. The molecule has 196 valence electrons. The van der Waals surface area contributed by atoms with Gasteiger partial charge in [0.05, 0.1) is 20.9 Å². The Morgan fingerprint density at radius 3 is 2.19 bits per heavy atom.